The highest BCUT2D eigenvalue weighted by Crippen LogP contribution is 2.32. The first-order valence-electron chi connectivity index (χ1n) is 8.02. The van der Waals surface area contributed by atoms with Gasteiger partial charge in [-0.2, -0.15) is 5.26 Å². The average molecular weight is 342 g/mol. The number of anilines is 2. The minimum atomic E-state index is 0.490. The smallest absolute Gasteiger partial charge is 0.142 e. The summed E-state index contributed by atoms with van der Waals surface area (Å²) in [7, 11) is 1.71. The highest BCUT2D eigenvalue weighted by Gasteiger charge is 2.24. The van der Waals surface area contributed by atoms with Crippen LogP contribution in [0.3, 0.4) is 0 Å². The van der Waals surface area contributed by atoms with Crippen molar-refractivity contribution in [2.75, 3.05) is 37.0 Å². The summed E-state index contributed by atoms with van der Waals surface area (Å²) in [6.07, 6.45) is 1.13. The van der Waals surface area contributed by atoms with Crippen LogP contribution in [-0.2, 0) is 0 Å². The summed E-state index contributed by atoms with van der Waals surface area (Å²) in [6, 6.07) is 15.7. The molecule has 0 radical (unpaired) electrons. The van der Waals surface area contributed by atoms with Crippen LogP contribution in [0.2, 0.25) is 5.02 Å². The van der Waals surface area contributed by atoms with E-state index in [9.17, 15) is 0 Å². The molecule has 0 bridgehead atoms. The molecule has 4 nitrogen and oxygen atoms in total. The Bertz CT molecular complexity index is 757. The summed E-state index contributed by atoms with van der Waals surface area (Å²) >= 11 is 6.08. The molecule has 1 fully saturated rings. The maximum atomic E-state index is 8.92. The highest BCUT2D eigenvalue weighted by molar-refractivity contribution is 6.32. The van der Waals surface area contributed by atoms with Crippen molar-refractivity contribution >= 4 is 23.0 Å². The Hall–Kier alpha value is -2.38. The number of para-hydroxylation sites is 2. The van der Waals surface area contributed by atoms with E-state index in [-0.39, 0.29) is 0 Å². The number of benzene rings is 2. The average Bonchev–Trinajstić information content (AvgIpc) is 3.09. The maximum absolute atomic E-state index is 8.92. The highest BCUT2D eigenvalue weighted by atomic mass is 35.5. The number of nitriles is 1. The largest absolute Gasteiger partial charge is 0.495 e. The van der Waals surface area contributed by atoms with Crippen molar-refractivity contribution in [1.82, 2.24) is 0 Å². The van der Waals surface area contributed by atoms with Gasteiger partial charge in [-0.25, -0.2) is 0 Å². The molecule has 2 aromatic rings. The van der Waals surface area contributed by atoms with Crippen LogP contribution in [0, 0.1) is 17.2 Å². The lowest BCUT2D eigenvalue weighted by Gasteiger charge is -2.21. The van der Waals surface area contributed by atoms with Crippen molar-refractivity contribution in [2.24, 2.45) is 5.92 Å². The molecule has 1 heterocycles. The second-order valence-corrected chi connectivity index (χ2v) is 6.37. The SMILES string of the molecule is COc1ccccc1N1CCC(CNc2ccc(C#N)c(Cl)c2)C1. The van der Waals surface area contributed by atoms with Crippen LogP contribution in [0.25, 0.3) is 0 Å². The Labute approximate surface area is 147 Å². The fraction of sp³-hybridized carbons (Fsp3) is 0.316. The van der Waals surface area contributed by atoms with Crippen LogP contribution >= 0.6 is 11.6 Å². The van der Waals surface area contributed by atoms with Crippen molar-refractivity contribution < 1.29 is 4.74 Å². The standard InChI is InChI=1S/C19H20ClN3O/c1-24-19-5-3-2-4-18(19)23-9-8-14(13-23)12-22-16-7-6-15(11-21)17(20)10-16/h2-7,10,14,22H,8-9,12-13H2,1H3. The predicted molar refractivity (Wildman–Crippen MR) is 98.0 cm³/mol. The lowest BCUT2D eigenvalue weighted by molar-refractivity contribution is 0.414. The second kappa shape index (κ2) is 7.46. The minimum absolute atomic E-state index is 0.490. The van der Waals surface area contributed by atoms with Gasteiger partial charge >= 0.3 is 0 Å². The van der Waals surface area contributed by atoms with Gasteiger partial charge in [-0.15, -0.1) is 0 Å². The quantitative estimate of drug-likeness (QED) is 0.887. The van der Waals surface area contributed by atoms with E-state index in [2.05, 4.69) is 22.4 Å². The molecule has 5 heteroatoms. The number of nitrogens with zero attached hydrogens (tertiary/aromatic N) is 2. The third-order valence-corrected chi connectivity index (χ3v) is 4.71. The predicted octanol–water partition coefficient (Wildman–Crippen LogP) is 4.16. The van der Waals surface area contributed by atoms with Gasteiger partial charge in [0.05, 0.1) is 23.4 Å². The molecule has 0 aliphatic carbocycles. The molecule has 3 rings (SSSR count). The summed E-state index contributed by atoms with van der Waals surface area (Å²) in [5, 5.41) is 12.8. The van der Waals surface area contributed by atoms with Gasteiger partial charge in [0.15, 0.2) is 0 Å². The van der Waals surface area contributed by atoms with E-state index in [1.165, 1.54) is 0 Å². The van der Waals surface area contributed by atoms with Gasteiger partial charge in [0, 0.05) is 25.3 Å². The van der Waals surface area contributed by atoms with Gasteiger partial charge in [0.25, 0.3) is 0 Å². The minimum Gasteiger partial charge on any atom is -0.495 e. The van der Waals surface area contributed by atoms with Gasteiger partial charge in [-0.3, -0.25) is 0 Å². The molecule has 1 atom stereocenters. The van der Waals surface area contributed by atoms with Crippen LogP contribution in [0.1, 0.15) is 12.0 Å². The van der Waals surface area contributed by atoms with Crippen molar-refractivity contribution in [2.45, 2.75) is 6.42 Å². The fourth-order valence-corrected chi connectivity index (χ4v) is 3.31. The summed E-state index contributed by atoms with van der Waals surface area (Å²) in [5.74, 6) is 1.48. The number of halogens is 1. The Morgan fingerprint density at radius 2 is 2.17 bits per heavy atom. The molecule has 0 amide bonds. The number of methoxy groups -OCH3 is 1. The number of ether oxygens (including phenoxy) is 1. The lowest BCUT2D eigenvalue weighted by Crippen LogP contribution is -2.22. The molecule has 1 unspecified atom stereocenters. The topological polar surface area (TPSA) is 48.3 Å². The molecule has 0 aromatic heterocycles. The first-order chi connectivity index (χ1) is 11.7. The van der Waals surface area contributed by atoms with E-state index >= 15 is 0 Å². The van der Waals surface area contributed by atoms with E-state index < -0.39 is 0 Å². The van der Waals surface area contributed by atoms with Crippen LogP contribution in [-0.4, -0.2) is 26.7 Å². The van der Waals surface area contributed by atoms with E-state index in [1.54, 1.807) is 13.2 Å². The zero-order valence-corrected chi connectivity index (χ0v) is 14.4. The number of nitrogens with one attached hydrogen (secondary N) is 1. The molecule has 0 saturated carbocycles. The Balaban J connectivity index is 1.59. The summed E-state index contributed by atoms with van der Waals surface area (Å²) in [4.78, 5) is 2.37. The first-order valence-corrected chi connectivity index (χ1v) is 8.40. The van der Waals surface area contributed by atoms with E-state index in [0.29, 0.717) is 16.5 Å². The summed E-state index contributed by atoms with van der Waals surface area (Å²) < 4.78 is 5.46. The van der Waals surface area contributed by atoms with Gasteiger partial charge in [-0.05, 0) is 42.7 Å². The second-order valence-electron chi connectivity index (χ2n) is 5.96. The lowest BCUT2D eigenvalue weighted by atomic mass is 10.1. The monoisotopic (exact) mass is 341 g/mol. The van der Waals surface area contributed by atoms with Gasteiger partial charge in [0.1, 0.15) is 11.8 Å². The third kappa shape index (κ3) is 3.58. The van der Waals surface area contributed by atoms with Crippen molar-refractivity contribution in [1.29, 1.82) is 5.26 Å². The van der Waals surface area contributed by atoms with Crippen molar-refractivity contribution in [3.63, 3.8) is 0 Å². The number of hydrogen-bond donors (Lipinski definition) is 1. The molecule has 1 aliphatic heterocycles. The van der Waals surface area contributed by atoms with E-state index in [0.717, 1.165) is 43.2 Å². The zero-order chi connectivity index (χ0) is 16.9. The Kier molecular flexibility index (Phi) is 5.12. The molecule has 2 aromatic carbocycles. The number of rotatable bonds is 5. The molecule has 1 aliphatic rings. The van der Waals surface area contributed by atoms with Crippen LogP contribution in [0.4, 0.5) is 11.4 Å². The third-order valence-electron chi connectivity index (χ3n) is 4.40. The summed E-state index contributed by atoms with van der Waals surface area (Å²) in [5.41, 5.74) is 2.61. The molecular weight excluding hydrogens is 322 g/mol. The normalized spacial score (nSPS) is 16.7. The molecule has 24 heavy (non-hydrogen) atoms. The van der Waals surface area contributed by atoms with Gasteiger partial charge in [-0.1, -0.05) is 23.7 Å². The maximum Gasteiger partial charge on any atom is 0.142 e. The van der Waals surface area contributed by atoms with Crippen LogP contribution in [0.5, 0.6) is 5.75 Å². The molecule has 124 valence electrons. The van der Waals surface area contributed by atoms with Crippen LogP contribution in [0.15, 0.2) is 42.5 Å². The molecule has 0 spiro atoms. The molecule has 1 saturated heterocycles. The van der Waals surface area contributed by atoms with Crippen molar-refractivity contribution in [3.8, 4) is 11.8 Å². The number of hydrogen-bond acceptors (Lipinski definition) is 4. The van der Waals surface area contributed by atoms with Gasteiger partial charge < -0.3 is 15.0 Å². The molecule has 1 N–H and O–H groups in total. The van der Waals surface area contributed by atoms with Gasteiger partial charge in [0.2, 0.25) is 0 Å². The fourth-order valence-electron chi connectivity index (χ4n) is 3.09. The Morgan fingerprint density at radius 3 is 2.92 bits per heavy atom. The zero-order valence-electron chi connectivity index (χ0n) is 13.6. The van der Waals surface area contributed by atoms with E-state index in [4.69, 9.17) is 21.6 Å². The van der Waals surface area contributed by atoms with Crippen molar-refractivity contribution in [3.05, 3.63) is 53.1 Å². The van der Waals surface area contributed by atoms with E-state index in [1.807, 2.05) is 30.3 Å². The van der Waals surface area contributed by atoms with Crippen LogP contribution < -0.4 is 15.0 Å². The first kappa shape index (κ1) is 16.5. The Morgan fingerprint density at radius 1 is 1.33 bits per heavy atom. The molecular formula is C19H20ClN3O. The summed E-state index contributed by atoms with van der Waals surface area (Å²) in [6.45, 7) is 2.91.